The monoisotopic (exact) mass is 367 g/mol. The maximum Gasteiger partial charge on any atom is 0.175 e. The van der Waals surface area contributed by atoms with Gasteiger partial charge < -0.3 is 5.32 Å². The van der Waals surface area contributed by atoms with E-state index in [2.05, 4.69) is 34.2 Å². The highest BCUT2D eigenvalue weighted by atomic mass is 79.9. The molecule has 112 valence electrons. The van der Waals surface area contributed by atoms with E-state index in [0.29, 0.717) is 4.90 Å². The van der Waals surface area contributed by atoms with Crippen LogP contribution in [0.25, 0.3) is 0 Å². The Labute approximate surface area is 134 Å². The Morgan fingerprint density at radius 2 is 1.71 bits per heavy atom. The summed E-state index contributed by atoms with van der Waals surface area (Å²) in [6.07, 6.45) is 1.22. The van der Waals surface area contributed by atoms with Gasteiger partial charge in [0.1, 0.15) is 0 Å². The highest BCUT2D eigenvalue weighted by Crippen LogP contribution is 2.25. The minimum Gasteiger partial charge on any atom is -0.378 e. The largest absolute Gasteiger partial charge is 0.378 e. The van der Waals surface area contributed by atoms with Gasteiger partial charge in [-0.2, -0.15) is 0 Å². The smallest absolute Gasteiger partial charge is 0.175 e. The summed E-state index contributed by atoms with van der Waals surface area (Å²) in [5, 5.41) is 3.44. The van der Waals surface area contributed by atoms with Crippen molar-refractivity contribution in [2.45, 2.75) is 24.8 Å². The van der Waals surface area contributed by atoms with Crippen molar-refractivity contribution in [1.29, 1.82) is 0 Å². The molecular formula is C16H18BrNO2S. The summed E-state index contributed by atoms with van der Waals surface area (Å²) >= 11 is 3.45. The Bertz CT molecular complexity index is 739. The molecule has 0 spiro atoms. The van der Waals surface area contributed by atoms with E-state index in [9.17, 15) is 8.42 Å². The molecule has 2 aromatic rings. The number of rotatable bonds is 4. The molecule has 0 radical (unpaired) electrons. The lowest BCUT2D eigenvalue weighted by atomic mass is 10.1. The summed E-state index contributed by atoms with van der Waals surface area (Å²) in [5.74, 6) is 0. The lowest BCUT2D eigenvalue weighted by Gasteiger charge is -2.18. The van der Waals surface area contributed by atoms with Crippen LogP contribution in [-0.2, 0) is 9.84 Å². The molecule has 0 fully saturated rings. The van der Waals surface area contributed by atoms with Crippen LogP contribution in [-0.4, -0.2) is 14.7 Å². The average Bonchev–Trinajstić information content (AvgIpc) is 2.41. The number of benzene rings is 2. The normalized spacial score (nSPS) is 13.0. The fraction of sp³-hybridized carbons (Fsp3) is 0.250. The van der Waals surface area contributed by atoms with Crippen LogP contribution in [0, 0.1) is 6.92 Å². The van der Waals surface area contributed by atoms with Gasteiger partial charge in [-0.25, -0.2) is 8.42 Å². The van der Waals surface area contributed by atoms with Crippen molar-refractivity contribution in [3.05, 3.63) is 58.1 Å². The predicted molar refractivity (Wildman–Crippen MR) is 90.5 cm³/mol. The summed E-state index contributed by atoms with van der Waals surface area (Å²) in [5.41, 5.74) is 3.27. The predicted octanol–water partition coefficient (Wildman–Crippen LogP) is 4.33. The van der Waals surface area contributed by atoms with Crippen molar-refractivity contribution in [1.82, 2.24) is 0 Å². The summed E-state index contributed by atoms with van der Waals surface area (Å²) in [6, 6.07) is 13.2. The van der Waals surface area contributed by atoms with Gasteiger partial charge in [0, 0.05) is 22.5 Å². The molecule has 0 aliphatic rings. The Hall–Kier alpha value is -1.33. The highest BCUT2D eigenvalue weighted by Gasteiger charge is 2.10. The van der Waals surface area contributed by atoms with Gasteiger partial charge in [0.15, 0.2) is 9.84 Å². The van der Waals surface area contributed by atoms with Gasteiger partial charge in [-0.1, -0.05) is 28.1 Å². The molecule has 1 unspecified atom stereocenters. The topological polar surface area (TPSA) is 46.2 Å². The van der Waals surface area contributed by atoms with Crippen molar-refractivity contribution >= 4 is 31.5 Å². The third-order valence-corrected chi connectivity index (χ3v) is 4.99. The van der Waals surface area contributed by atoms with Crippen LogP contribution >= 0.6 is 15.9 Å². The first-order valence-electron chi connectivity index (χ1n) is 6.60. The van der Waals surface area contributed by atoms with Crippen molar-refractivity contribution < 1.29 is 8.42 Å². The van der Waals surface area contributed by atoms with Gasteiger partial charge in [0.2, 0.25) is 0 Å². The van der Waals surface area contributed by atoms with E-state index < -0.39 is 9.84 Å². The number of anilines is 1. The number of halogens is 1. The number of hydrogen-bond donors (Lipinski definition) is 1. The zero-order valence-corrected chi connectivity index (χ0v) is 14.6. The van der Waals surface area contributed by atoms with Crippen LogP contribution in [0.2, 0.25) is 0 Å². The lowest BCUT2D eigenvalue weighted by molar-refractivity contribution is 0.602. The van der Waals surface area contributed by atoms with Gasteiger partial charge in [0.25, 0.3) is 0 Å². The van der Waals surface area contributed by atoms with Gasteiger partial charge in [-0.05, 0) is 55.3 Å². The van der Waals surface area contributed by atoms with E-state index in [1.165, 1.54) is 6.26 Å². The first-order valence-corrected chi connectivity index (χ1v) is 9.28. The minimum atomic E-state index is -3.14. The maximum absolute atomic E-state index is 11.5. The Morgan fingerprint density at radius 1 is 1.10 bits per heavy atom. The molecule has 0 aliphatic carbocycles. The summed E-state index contributed by atoms with van der Waals surface area (Å²) in [7, 11) is -3.14. The highest BCUT2D eigenvalue weighted by molar-refractivity contribution is 9.10. The van der Waals surface area contributed by atoms with Crippen LogP contribution in [0.15, 0.2) is 51.8 Å². The molecule has 21 heavy (non-hydrogen) atoms. The molecule has 1 N–H and O–H groups in total. The van der Waals surface area contributed by atoms with Crippen molar-refractivity contribution in [3.63, 3.8) is 0 Å². The standard InChI is InChI=1S/C16H18BrNO2S/c1-11-10-14(17)6-9-16(11)18-12(2)13-4-7-15(8-5-13)21(3,19)20/h4-10,12,18H,1-3H3. The molecule has 0 saturated heterocycles. The number of aryl methyl sites for hydroxylation is 1. The van der Waals surface area contributed by atoms with Crippen LogP contribution in [0.3, 0.4) is 0 Å². The SMILES string of the molecule is Cc1cc(Br)ccc1NC(C)c1ccc(S(C)(=O)=O)cc1. The number of nitrogens with one attached hydrogen (secondary N) is 1. The first-order chi connectivity index (χ1) is 9.77. The van der Waals surface area contributed by atoms with E-state index in [1.807, 2.05) is 31.2 Å². The molecule has 5 heteroatoms. The Balaban J connectivity index is 2.18. The van der Waals surface area contributed by atoms with E-state index in [1.54, 1.807) is 12.1 Å². The second-order valence-electron chi connectivity index (χ2n) is 5.17. The molecular weight excluding hydrogens is 350 g/mol. The third-order valence-electron chi connectivity index (χ3n) is 3.37. The van der Waals surface area contributed by atoms with Gasteiger partial charge in [-0.3, -0.25) is 0 Å². The zero-order chi connectivity index (χ0) is 15.6. The zero-order valence-electron chi connectivity index (χ0n) is 12.2. The van der Waals surface area contributed by atoms with Crippen LogP contribution < -0.4 is 5.32 Å². The lowest BCUT2D eigenvalue weighted by Crippen LogP contribution is -2.08. The molecule has 2 aromatic carbocycles. The molecule has 0 aliphatic heterocycles. The van der Waals surface area contributed by atoms with Crippen molar-refractivity contribution in [2.75, 3.05) is 11.6 Å². The van der Waals surface area contributed by atoms with E-state index in [-0.39, 0.29) is 6.04 Å². The van der Waals surface area contributed by atoms with Gasteiger partial charge in [-0.15, -0.1) is 0 Å². The Morgan fingerprint density at radius 3 is 2.24 bits per heavy atom. The van der Waals surface area contributed by atoms with Crippen molar-refractivity contribution in [2.24, 2.45) is 0 Å². The molecule has 2 rings (SSSR count). The molecule has 0 saturated carbocycles. The fourth-order valence-corrected chi connectivity index (χ4v) is 3.22. The van der Waals surface area contributed by atoms with E-state index >= 15 is 0 Å². The van der Waals surface area contributed by atoms with E-state index in [4.69, 9.17) is 0 Å². The first kappa shape index (κ1) is 16.0. The second kappa shape index (κ2) is 6.20. The summed E-state index contributed by atoms with van der Waals surface area (Å²) in [4.78, 5) is 0.346. The molecule has 0 heterocycles. The number of hydrogen-bond acceptors (Lipinski definition) is 3. The third kappa shape index (κ3) is 4.08. The molecule has 0 amide bonds. The number of sulfone groups is 1. The molecule has 0 bridgehead atoms. The molecule has 0 aromatic heterocycles. The minimum absolute atomic E-state index is 0.0958. The van der Waals surface area contributed by atoms with Crippen LogP contribution in [0.4, 0.5) is 5.69 Å². The average molecular weight is 368 g/mol. The van der Waals surface area contributed by atoms with E-state index in [0.717, 1.165) is 21.3 Å². The molecule has 3 nitrogen and oxygen atoms in total. The molecule has 1 atom stereocenters. The van der Waals surface area contributed by atoms with Gasteiger partial charge in [0.05, 0.1) is 4.90 Å². The fourth-order valence-electron chi connectivity index (χ4n) is 2.11. The maximum atomic E-state index is 11.5. The quantitative estimate of drug-likeness (QED) is 0.874. The summed E-state index contributed by atoms with van der Waals surface area (Å²) < 4.78 is 24.0. The van der Waals surface area contributed by atoms with Crippen LogP contribution in [0.1, 0.15) is 24.1 Å². The summed E-state index contributed by atoms with van der Waals surface area (Å²) in [6.45, 7) is 4.10. The van der Waals surface area contributed by atoms with Crippen LogP contribution in [0.5, 0.6) is 0 Å². The van der Waals surface area contributed by atoms with Gasteiger partial charge >= 0.3 is 0 Å². The Kier molecular flexibility index (Phi) is 4.74. The van der Waals surface area contributed by atoms with Crippen molar-refractivity contribution in [3.8, 4) is 0 Å². The second-order valence-corrected chi connectivity index (χ2v) is 8.10.